The lowest BCUT2D eigenvalue weighted by molar-refractivity contribution is -0.0498. The third-order valence-corrected chi connectivity index (χ3v) is 2.56. The van der Waals surface area contributed by atoms with Gasteiger partial charge in [0.25, 0.3) is 0 Å². The van der Waals surface area contributed by atoms with Crippen LogP contribution < -0.4 is 10.1 Å². The number of ether oxygens (including phenoxy) is 1. The Morgan fingerprint density at radius 3 is 2.39 bits per heavy atom. The largest absolute Gasteiger partial charge is 0.435 e. The molecule has 3 nitrogen and oxygen atoms in total. The van der Waals surface area contributed by atoms with Crippen molar-refractivity contribution < 1.29 is 13.5 Å². The van der Waals surface area contributed by atoms with Crippen LogP contribution in [0.4, 0.5) is 8.78 Å². The fourth-order valence-corrected chi connectivity index (χ4v) is 1.45. The summed E-state index contributed by atoms with van der Waals surface area (Å²) in [5.41, 5.74) is 0.960. The Morgan fingerprint density at radius 2 is 1.89 bits per heavy atom. The molecule has 0 fully saturated rings. The van der Waals surface area contributed by atoms with Crippen LogP contribution in [0.1, 0.15) is 25.5 Å². The highest BCUT2D eigenvalue weighted by Gasteiger charge is 2.08. The minimum atomic E-state index is -2.80. The number of nitrogens with zero attached hydrogens (tertiary/aromatic N) is 1. The fourth-order valence-electron chi connectivity index (χ4n) is 1.45. The van der Waals surface area contributed by atoms with E-state index in [1.807, 2.05) is 13.8 Å². The van der Waals surface area contributed by atoms with Crippen LogP contribution >= 0.6 is 0 Å². The number of benzene rings is 1. The molecule has 98 valence electrons. The van der Waals surface area contributed by atoms with Gasteiger partial charge in [0, 0.05) is 12.6 Å². The first-order chi connectivity index (χ1) is 8.52. The number of hydrogen-bond donors (Lipinski definition) is 1. The average Bonchev–Trinajstić information content (AvgIpc) is 2.35. The lowest BCUT2D eigenvalue weighted by atomic mass is 10.1. The van der Waals surface area contributed by atoms with Crippen LogP contribution in [0.15, 0.2) is 24.3 Å². The van der Waals surface area contributed by atoms with Gasteiger partial charge in [-0.25, -0.2) is 0 Å². The van der Waals surface area contributed by atoms with Crippen molar-refractivity contribution in [2.75, 3.05) is 6.54 Å². The summed E-state index contributed by atoms with van der Waals surface area (Å²) >= 11 is 0. The van der Waals surface area contributed by atoms with E-state index in [1.54, 1.807) is 12.1 Å². The second kappa shape index (κ2) is 6.92. The molecule has 0 bridgehead atoms. The predicted molar refractivity (Wildman–Crippen MR) is 64.3 cm³/mol. The van der Waals surface area contributed by atoms with Gasteiger partial charge in [-0.3, -0.25) is 0 Å². The van der Waals surface area contributed by atoms with Crippen LogP contribution in [0.2, 0.25) is 0 Å². The molecule has 1 aromatic rings. The first-order valence-electron chi connectivity index (χ1n) is 5.70. The quantitative estimate of drug-likeness (QED) is 0.848. The maximum absolute atomic E-state index is 12.0. The SMILES string of the molecule is CC(C#N)CNC(C)c1ccc(OC(F)F)cc1. The normalized spacial score (nSPS) is 14.0. The van der Waals surface area contributed by atoms with Gasteiger partial charge in [0.2, 0.25) is 0 Å². The van der Waals surface area contributed by atoms with Crippen molar-refractivity contribution in [1.82, 2.24) is 5.32 Å². The first kappa shape index (κ1) is 14.4. The molecule has 2 atom stereocenters. The molecule has 0 aliphatic rings. The van der Waals surface area contributed by atoms with Gasteiger partial charge in [0.1, 0.15) is 5.75 Å². The zero-order valence-corrected chi connectivity index (χ0v) is 10.4. The summed E-state index contributed by atoms with van der Waals surface area (Å²) in [4.78, 5) is 0. The molecule has 0 spiro atoms. The Morgan fingerprint density at radius 1 is 1.28 bits per heavy atom. The molecule has 0 aromatic heterocycles. The van der Waals surface area contributed by atoms with Crippen LogP contribution in [0.3, 0.4) is 0 Å². The Hall–Kier alpha value is -1.67. The summed E-state index contributed by atoms with van der Waals surface area (Å²) in [6.07, 6.45) is 0. The van der Waals surface area contributed by atoms with Crippen LogP contribution in [-0.4, -0.2) is 13.2 Å². The summed E-state index contributed by atoms with van der Waals surface area (Å²) in [6.45, 7) is 1.57. The number of nitrogens with one attached hydrogen (secondary N) is 1. The fraction of sp³-hybridized carbons (Fsp3) is 0.462. The van der Waals surface area contributed by atoms with E-state index < -0.39 is 6.61 Å². The Kier molecular flexibility index (Phi) is 5.53. The molecule has 0 aliphatic heterocycles. The smallest absolute Gasteiger partial charge is 0.387 e. The summed E-state index contributed by atoms with van der Waals surface area (Å²) in [6, 6.07) is 8.67. The first-order valence-corrected chi connectivity index (χ1v) is 5.70. The van der Waals surface area contributed by atoms with Gasteiger partial charge in [-0.05, 0) is 31.5 Å². The van der Waals surface area contributed by atoms with E-state index in [2.05, 4.69) is 16.1 Å². The highest BCUT2D eigenvalue weighted by molar-refractivity contribution is 5.28. The Labute approximate surface area is 105 Å². The molecule has 1 aromatic carbocycles. The van der Waals surface area contributed by atoms with Crippen LogP contribution in [-0.2, 0) is 0 Å². The van der Waals surface area contributed by atoms with E-state index in [-0.39, 0.29) is 17.7 Å². The van der Waals surface area contributed by atoms with Crippen molar-refractivity contribution >= 4 is 0 Å². The predicted octanol–water partition coefficient (Wildman–Crippen LogP) is 3.10. The number of rotatable bonds is 6. The van der Waals surface area contributed by atoms with Crippen molar-refractivity contribution in [1.29, 1.82) is 5.26 Å². The van der Waals surface area contributed by atoms with Crippen molar-refractivity contribution in [2.45, 2.75) is 26.5 Å². The summed E-state index contributed by atoms with van der Waals surface area (Å²) in [5, 5.41) is 11.9. The second-order valence-corrected chi connectivity index (χ2v) is 4.11. The third kappa shape index (κ3) is 4.68. The number of hydrogen-bond acceptors (Lipinski definition) is 3. The number of alkyl halides is 2. The molecule has 18 heavy (non-hydrogen) atoms. The molecule has 0 radical (unpaired) electrons. The highest BCUT2D eigenvalue weighted by Crippen LogP contribution is 2.19. The zero-order chi connectivity index (χ0) is 13.5. The van der Waals surface area contributed by atoms with Gasteiger partial charge in [-0.15, -0.1) is 0 Å². The van der Waals surface area contributed by atoms with Crippen molar-refractivity contribution in [3.63, 3.8) is 0 Å². The van der Waals surface area contributed by atoms with E-state index >= 15 is 0 Å². The number of halogens is 2. The van der Waals surface area contributed by atoms with Crippen molar-refractivity contribution in [3.8, 4) is 11.8 Å². The molecular formula is C13H16F2N2O. The maximum Gasteiger partial charge on any atom is 0.387 e. The van der Waals surface area contributed by atoms with E-state index in [1.165, 1.54) is 12.1 Å². The van der Waals surface area contributed by atoms with E-state index in [9.17, 15) is 8.78 Å². The van der Waals surface area contributed by atoms with E-state index in [0.717, 1.165) is 5.56 Å². The average molecular weight is 254 g/mol. The monoisotopic (exact) mass is 254 g/mol. The molecule has 0 amide bonds. The van der Waals surface area contributed by atoms with Crippen LogP contribution in [0, 0.1) is 17.2 Å². The lowest BCUT2D eigenvalue weighted by Crippen LogP contribution is -2.23. The van der Waals surface area contributed by atoms with E-state index in [0.29, 0.717) is 6.54 Å². The van der Waals surface area contributed by atoms with Crippen molar-refractivity contribution in [3.05, 3.63) is 29.8 Å². The zero-order valence-electron chi connectivity index (χ0n) is 10.4. The molecular weight excluding hydrogens is 238 g/mol. The molecule has 2 unspecified atom stereocenters. The van der Waals surface area contributed by atoms with Crippen LogP contribution in [0.25, 0.3) is 0 Å². The molecule has 0 aliphatic carbocycles. The van der Waals surface area contributed by atoms with Gasteiger partial charge < -0.3 is 10.1 Å². The highest BCUT2D eigenvalue weighted by atomic mass is 19.3. The second-order valence-electron chi connectivity index (χ2n) is 4.11. The van der Waals surface area contributed by atoms with Gasteiger partial charge in [-0.2, -0.15) is 14.0 Å². The molecule has 0 saturated heterocycles. The van der Waals surface area contributed by atoms with Gasteiger partial charge in [0.15, 0.2) is 0 Å². The van der Waals surface area contributed by atoms with E-state index in [4.69, 9.17) is 5.26 Å². The summed E-state index contributed by atoms with van der Waals surface area (Å²) < 4.78 is 28.2. The van der Waals surface area contributed by atoms with Crippen LogP contribution in [0.5, 0.6) is 5.75 Å². The Bertz CT molecular complexity index is 400. The lowest BCUT2D eigenvalue weighted by Gasteiger charge is -2.15. The maximum atomic E-state index is 12.0. The third-order valence-electron chi connectivity index (χ3n) is 2.56. The minimum Gasteiger partial charge on any atom is -0.435 e. The molecule has 0 heterocycles. The minimum absolute atomic E-state index is 0.0569. The standard InChI is InChI=1S/C13H16F2N2O/c1-9(7-16)8-17-10(2)11-3-5-12(6-4-11)18-13(14)15/h3-6,9-10,13,17H,8H2,1-2H3. The Balaban J connectivity index is 2.54. The summed E-state index contributed by atoms with van der Waals surface area (Å²) in [7, 11) is 0. The molecule has 1 rings (SSSR count). The molecule has 1 N–H and O–H groups in total. The molecule has 5 heteroatoms. The topological polar surface area (TPSA) is 45.0 Å². The summed E-state index contributed by atoms with van der Waals surface area (Å²) in [5.74, 6) is 0.0835. The van der Waals surface area contributed by atoms with Gasteiger partial charge in [-0.1, -0.05) is 12.1 Å². The van der Waals surface area contributed by atoms with Gasteiger partial charge >= 0.3 is 6.61 Å². The van der Waals surface area contributed by atoms with Crippen molar-refractivity contribution in [2.24, 2.45) is 5.92 Å². The molecule has 0 saturated carbocycles. The number of nitriles is 1. The van der Waals surface area contributed by atoms with Gasteiger partial charge in [0.05, 0.1) is 12.0 Å².